The molecular formula is C17H28O4S. The summed E-state index contributed by atoms with van der Waals surface area (Å²) in [7, 11) is -4.11. The van der Waals surface area contributed by atoms with Crippen LogP contribution in [0.15, 0.2) is 29.2 Å². The molecule has 0 fully saturated rings. The number of ether oxygens (including phenoxy) is 1. The van der Waals surface area contributed by atoms with Gasteiger partial charge in [0.1, 0.15) is 0 Å². The van der Waals surface area contributed by atoms with E-state index in [4.69, 9.17) is 4.74 Å². The molecule has 0 spiro atoms. The van der Waals surface area contributed by atoms with Gasteiger partial charge in [-0.1, -0.05) is 50.3 Å². The maximum Gasteiger partial charge on any atom is 0.294 e. The zero-order chi connectivity index (χ0) is 16.3. The largest absolute Gasteiger partial charge is 0.382 e. The zero-order valence-electron chi connectivity index (χ0n) is 13.5. The fourth-order valence-electron chi connectivity index (χ4n) is 2.51. The molecule has 0 saturated heterocycles. The summed E-state index contributed by atoms with van der Waals surface area (Å²) in [4.78, 5) is 0.0472. The van der Waals surface area contributed by atoms with Crippen LogP contribution in [0.25, 0.3) is 0 Å². The molecule has 1 aromatic rings. The van der Waals surface area contributed by atoms with Gasteiger partial charge >= 0.3 is 0 Å². The van der Waals surface area contributed by atoms with Crippen molar-refractivity contribution in [1.29, 1.82) is 0 Å². The van der Waals surface area contributed by atoms with Crippen molar-refractivity contribution in [2.45, 2.75) is 63.2 Å². The van der Waals surface area contributed by atoms with Crippen molar-refractivity contribution in [3.63, 3.8) is 0 Å². The molecule has 0 aromatic heterocycles. The van der Waals surface area contributed by atoms with Crippen LogP contribution >= 0.6 is 0 Å². The van der Waals surface area contributed by atoms with Gasteiger partial charge in [-0.15, -0.1) is 0 Å². The van der Waals surface area contributed by atoms with E-state index in [1.807, 2.05) is 13.0 Å². The van der Waals surface area contributed by atoms with Crippen LogP contribution in [0, 0.1) is 0 Å². The van der Waals surface area contributed by atoms with E-state index in [2.05, 4.69) is 0 Å². The van der Waals surface area contributed by atoms with Gasteiger partial charge in [-0.3, -0.25) is 4.55 Å². The first kappa shape index (κ1) is 19.1. The minimum absolute atomic E-state index is 0.0472. The molecule has 0 aliphatic carbocycles. The molecule has 0 amide bonds. The lowest BCUT2D eigenvalue weighted by atomic mass is 10.0. The molecule has 4 nitrogen and oxygen atoms in total. The molecule has 5 heteroatoms. The summed E-state index contributed by atoms with van der Waals surface area (Å²) in [6, 6.07) is 6.68. The van der Waals surface area contributed by atoms with E-state index in [0.717, 1.165) is 32.5 Å². The predicted octanol–water partition coefficient (Wildman–Crippen LogP) is 4.24. The fraction of sp³-hybridized carbons (Fsp3) is 0.647. The second-order valence-corrected chi connectivity index (χ2v) is 6.89. The molecule has 126 valence electrons. The highest BCUT2D eigenvalue weighted by Crippen LogP contribution is 2.18. The van der Waals surface area contributed by atoms with Crippen LogP contribution in [0.5, 0.6) is 0 Å². The van der Waals surface area contributed by atoms with Gasteiger partial charge in [0.25, 0.3) is 10.1 Å². The van der Waals surface area contributed by atoms with Crippen molar-refractivity contribution in [1.82, 2.24) is 0 Å². The van der Waals surface area contributed by atoms with Gasteiger partial charge in [-0.2, -0.15) is 8.42 Å². The lowest BCUT2D eigenvalue weighted by Gasteiger charge is -2.07. The quantitative estimate of drug-likeness (QED) is 0.460. The number of hydrogen-bond acceptors (Lipinski definition) is 3. The minimum Gasteiger partial charge on any atom is -0.382 e. The van der Waals surface area contributed by atoms with Gasteiger partial charge in [-0.05, 0) is 37.8 Å². The first-order chi connectivity index (χ1) is 10.6. The van der Waals surface area contributed by atoms with Gasteiger partial charge in [0.05, 0.1) is 4.90 Å². The van der Waals surface area contributed by atoms with Crippen molar-refractivity contribution >= 4 is 10.1 Å². The average Bonchev–Trinajstić information content (AvgIpc) is 2.48. The Morgan fingerprint density at radius 2 is 1.55 bits per heavy atom. The Morgan fingerprint density at radius 3 is 2.18 bits per heavy atom. The predicted molar refractivity (Wildman–Crippen MR) is 88.8 cm³/mol. The summed E-state index contributed by atoms with van der Waals surface area (Å²) in [5, 5.41) is 0. The van der Waals surface area contributed by atoms with Gasteiger partial charge in [0.2, 0.25) is 0 Å². The van der Waals surface area contributed by atoms with E-state index in [1.54, 1.807) is 12.1 Å². The van der Waals surface area contributed by atoms with Crippen molar-refractivity contribution in [2.75, 3.05) is 13.2 Å². The van der Waals surface area contributed by atoms with Crippen LogP contribution in [0.2, 0.25) is 0 Å². The lowest BCUT2D eigenvalue weighted by Crippen LogP contribution is -2.03. The Hall–Kier alpha value is -0.910. The Morgan fingerprint density at radius 1 is 0.955 bits per heavy atom. The van der Waals surface area contributed by atoms with Gasteiger partial charge in [0, 0.05) is 13.2 Å². The number of hydrogen-bond donors (Lipinski definition) is 1. The molecule has 0 unspecified atom stereocenters. The van der Waals surface area contributed by atoms with Crippen molar-refractivity contribution in [3.8, 4) is 0 Å². The average molecular weight is 328 g/mol. The summed E-state index contributed by atoms with van der Waals surface area (Å²) in [6.45, 7) is 3.67. The Balaban J connectivity index is 2.16. The highest BCUT2D eigenvalue weighted by atomic mass is 32.2. The fourth-order valence-corrected chi connectivity index (χ4v) is 3.26. The number of rotatable bonds is 12. The Labute approximate surface area is 134 Å². The summed E-state index contributed by atoms with van der Waals surface area (Å²) in [6.07, 6.45) is 8.70. The van der Waals surface area contributed by atoms with Crippen molar-refractivity contribution < 1.29 is 17.7 Å². The van der Waals surface area contributed by atoms with Gasteiger partial charge in [-0.25, -0.2) is 0 Å². The first-order valence-electron chi connectivity index (χ1n) is 8.19. The Bertz CT molecular complexity index is 511. The molecule has 22 heavy (non-hydrogen) atoms. The maximum atomic E-state index is 11.3. The number of unbranched alkanes of at least 4 members (excludes halogenated alkanes) is 6. The summed E-state index contributed by atoms with van der Waals surface area (Å²) in [5.74, 6) is 0. The normalized spacial score (nSPS) is 11.7. The van der Waals surface area contributed by atoms with E-state index >= 15 is 0 Å². The molecule has 0 aliphatic rings. The minimum atomic E-state index is -4.11. The van der Waals surface area contributed by atoms with Crippen molar-refractivity contribution in [3.05, 3.63) is 29.8 Å². The van der Waals surface area contributed by atoms with E-state index in [9.17, 15) is 13.0 Å². The monoisotopic (exact) mass is 328 g/mol. The molecule has 1 aromatic carbocycles. The molecule has 0 aliphatic heterocycles. The van der Waals surface area contributed by atoms with E-state index in [-0.39, 0.29) is 4.90 Å². The topological polar surface area (TPSA) is 63.6 Å². The third-order valence-electron chi connectivity index (χ3n) is 3.69. The third-order valence-corrected chi connectivity index (χ3v) is 4.64. The van der Waals surface area contributed by atoms with Crippen LogP contribution in [0.4, 0.5) is 0 Å². The molecule has 0 bridgehead atoms. The first-order valence-corrected chi connectivity index (χ1v) is 9.63. The van der Waals surface area contributed by atoms with E-state index in [0.29, 0.717) is 12.0 Å². The maximum absolute atomic E-state index is 11.3. The summed E-state index contributed by atoms with van der Waals surface area (Å²) in [5.41, 5.74) is 0.710. The SMILES string of the molecule is CCOCCCCCCCCCc1ccccc1S(=O)(=O)O. The molecule has 0 saturated carbocycles. The van der Waals surface area contributed by atoms with Gasteiger partial charge in [0.15, 0.2) is 0 Å². The van der Waals surface area contributed by atoms with Crippen LogP contribution in [-0.4, -0.2) is 26.2 Å². The van der Waals surface area contributed by atoms with Crippen molar-refractivity contribution in [2.24, 2.45) is 0 Å². The number of aryl methyl sites for hydroxylation is 1. The van der Waals surface area contributed by atoms with Crippen LogP contribution < -0.4 is 0 Å². The Kier molecular flexibility index (Phi) is 9.36. The standard InChI is InChI=1S/C17H28O4S/c1-2-21-15-11-7-5-3-4-6-8-12-16-13-9-10-14-17(16)22(18,19)20/h9-10,13-14H,2-8,11-12,15H2,1H3,(H,18,19,20). The second kappa shape index (κ2) is 10.8. The molecule has 0 radical (unpaired) electrons. The highest BCUT2D eigenvalue weighted by molar-refractivity contribution is 7.85. The smallest absolute Gasteiger partial charge is 0.294 e. The van der Waals surface area contributed by atoms with E-state index < -0.39 is 10.1 Å². The van der Waals surface area contributed by atoms with E-state index in [1.165, 1.54) is 31.7 Å². The van der Waals surface area contributed by atoms with Crippen LogP contribution in [0.3, 0.4) is 0 Å². The summed E-state index contributed by atoms with van der Waals surface area (Å²) < 4.78 is 37.1. The highest BCUT2D eigenvalue weighted by Gasteiger charge is 2.13. The number of benzene rings is 1. The summed E-state index contributed by atoms with van der Waals surface area (Å²) >= 11 is 0. The third kappa shape index (κ3) is 7.92. The molecule has 0 atom stereocenters. The molecule has 1 N–H and O–H groups in total. The van der Waals surface area contributed by atoms with Gasteiger partial charge < -0.3 is 4.74 Å². The zero-order valence-corrected chi connectivity index (χ0v) is 14.3. The van der Waals surface area contributed by atoms with Crippen LogP contribution in [0.1, 0.15) is 57.4 Å². The molecular weight excluding hydrogens is 300 g/mol. The lowest BCUT2D eigenvalue weighted by molar-refractivity contribution is 0.143. The molecule has 1 rings (SSSR count). The molecule has 0 heterocycles. The second-order valence-electron chi connectivity index (χ2n) is 5.50. The van der Waals surface area contributed by atoms with Crippen LogP contribution in [-0.2, 0) is 21.3 Å².